The van der Waals surface area contributed by atoms with E-state index in [2.05, 4.69) is 18.3 Å². The van der Waals surface area contributed by atoms with Crippen LogP contribution in [0.15, 0.2) is 10.9 Å². The van der Waals surface area contributed by atoms with Crippen molar-refractivity contribution in [2.24, 2.45) is 0 Å². The van der Waals surface area contributed by atoms with E-state index in [0.29, 0.717) is 13.1 Å². The fourth-order valence-electron chi connectivity index (χ4n) is 2.65. The van der Waals surface area contributed by atoms with Crippen LogP contribution in [-0.4, -0.2) is 23.8 Å². The molecule has 0 amide bonds. The highest BCUT2D eigenvalue weighted by molar-refractivity contribution is 5.26. The highest BCUT2D eigenvalue weighted by atomic mass is 16.5. The largest absolute Gasteiger partial charge is 0.376 e. The second kappa shape index (κ2) is 6.35. The molecular formula is C15H24N2O2. The third-order valence-corrected chi connectivity index (χ3v) is 3.79. The van der Waals surface area contributed by atoms with Crippen LogP contribution in [0.1, 0.15) is 36.6 Å². The van der Waals surface area contributed by atoms with Crippen molar-refractivity contribution >= 4 is 0 Å². The van der Waals surface area contributed by atoms with Gasteiger partial charge in [0.05, 0.1) is 12.6 Å². The number of aromatic nitrogens is 1. The monoisotopic (exact) mass is 264 g/mol. The molecule has 0 radical (unpaired) electrons. The lowest BCUT2D eigenvalue weighted by atomic mass is 10.1. The minimum absolute atomic E-state index is 0.133. The first-order chi connectivity index (χ1) is 9.13. The van der Waals surface area contributed by atoms with Crippen LogP contribution in [0.25, 0.3) is 0 Å². The zero-order valence-corrected chi connectivity index (χ0v) is 12.2. The molecule has 0 saturated carbocycles. The summed E-state index contributed by atoms with van der Waals surface area (Å²) >= 11 is 0. The van der Waals surface area contributed by atoms with Crippen molar-refractivity contribution in [3.8, 4) is 0 Å². The molecule has 1 saturated heterocycles. The molecule has 1 aromatic rings. The van der Waals surface area contributed by atoms with E-state index in [0.717, 1.165) is 42.8 Å². The highest BCUT2D eigenvalue weighted by Crippen LogP contribution is 2.15. The second-order valence-electron chi connectivity index (χ2n) is 5.28. The Morgan fingerprint density at radius 2 is 2.26 bits per heavy atom. The maximum Gasteiger partial charge on any atom is 0.255 e. The molecule has 1 aromatic heterocycles. The Balaban J connectivity index is 2.28. The summed E-state index contributed by atoms with van der Waals surface area (Å²) in [5.74, 6) is 0. The molecule has 1 aliphatic heterocycles. The lowest BCUT2D eigenvalue weighted by Crippen LogP contribution is -2.33. The normalized spacial score (nSPS) is 19.0. The fourth-order valence-corrected chi connectivity index (χ4v) is 2.65. The van der Waals surface area contributed by atoms with Gasteiger partial charge in [-0.05, 0) is 44.9 Å². The second-order valence-corrected chi connectivity index (χ2v) is 5.28. The first kappa shape index (κ1) is 14.3. The smallest absolute Gasteiger partial charge is 0.255 e. The Morgan fingerprint density at radius 3 is 2.89 bits per heavy atom. The summed E-state index contributed by atoms with van der Waals surface area (Å²) in [6, 6.07) is 2.10. The van der Waals surface area contributed by atoms with E-state index in [-0.39, 0.29) is 11.7 Å². The van der Waals surface area contributed by atoms with Crippen LogP contribution in [0.2, 0.25) is 0 Å². The molecule has 4 nitrogen and oxygen atoms in total. The van der Waals surface area contributed by atoms with Gasteiger partial charge in [-0.15, -0.1) is 0 Å². The summed E-state index contributed by atoms with van der Waals surface area (Å²) in [4.78, 5) is 12.6. The van der Waals surface area contributed by atoms with Gasteiger partial charge in [0.25, 0.3) is 5.56 Å². The molecular weight excluding hydrogens is 240 g/mol. The molecule has 0 bridgehead atoms. The van der Waals surface area contributed by atoms with Crippen LogP contribution >= 0.6 is 0 Å². The van der Waals surface area contributed by atoms with Crippen LogP contribution in [0.4, 0.5) is 0 Å². The van der Waals surface area contributed by atoms with Crippen LogP contribution in [-0.2, 0) is 17.8 Å². The molecule has 1 N–H and O–H groups in total. The zero-order valence-electron chi connectivity index (χ0n) is 12.2. The van der Waals surface area contributed by atoms with Crippen molar-refractivity contribution in [1.29, 1.82) is 0 Å². The van der Waals surface area contributed by atoms with Crippen molar-refractivity contribution in [2.45, 2.75) is 52.8 Å². The Hall–Kier alpha value is -1.13. The predicted molar refractivity (Wildman–Crippen MR) is 76.5 cm³/mol. The van der Waals surface area contributed by atoms with Gasteiger partial charge in [0.15, 0.2) is 0 Å². The van der Waals surface area contributed by atoms with Gasteiger partial charge < -0.3 is 14.6 Å². The minimum atomic E-state index is 0.133. The van der Waals surface area contributed by atoms with E-state index < -0.39 is 0 Å². The molecule has 1 atom stereocenters. The first-order valence-corrected chi connectivity index (χ1v) is 7.15. The quantitative estimate of drug-likeness (QED) is 0.881. The van der Waals surface area contributed by atoms with Crippen molar-refractivity contribution in [1.82, 2.24) is 9.88 Å². The molecule has 4 heteroatoms. The van der Waals surface area contributed by atoms with E-state index in [1.54, 1.807) is 0 Å². The summed E-state index contributed by atoms with van der Waals surface area (Å²) in [5, 5.41) is 3.24. The van der Waals surface area contributed by atoms with Gasteiger partial charge in [-0.2, -0.15) is 0 Å². The molecule has 0 spiro atoms. The van der Waals surface area contributed by atoms with Gasteiger partial charge in [-0.1, -0.05) is 6.92 Å². The number of hydrogen-bond donors (Lipinski definition) is 1. The molecule has 2 rings (SSSR count). The van der Waals surface area contributed by atoms with Gasteiger partial charge in [0, 0.05) is 24.4 Å². The fraction of sp³-hybridized carbons (Fsp3) is 0.667. The average molecular weight is 264 g/mol. The van der Waals surface area contributed by atoms with E-state index in [9.17, 15) is 4.79 Å². The van der Waals surface area contributed by atoms with Crippen LogP contribution in [0.3, 0.4) is 0 Å². The average Bonchev–Trinajstić information content (AvgIpc) is 2.87. The van der Waals surface area contributed by atoms with E-state index >= 15 is 0 Å². The van der Waals surface area contributed by atoms with E-state index in [1.807, 2.05) is 18.4 Å². The molecule has 0 aliphatic carbocycles. The number of nitrogens with zero attached hydrogens (tertiary/aromatic N) is 1. The highest BCUT2D eigenvalue weighted by Gasteiger charge is 2.18. The Kier molecular flexibility index (Phi) is 4.77. The van der Waals surface area contributed by atoms with Gasteiger partial charge in [0.1, 0.15) is 0 Å². The number of aryl methyl sites for hydroxylation is 2. The van der Waals surface area contributed by atoms with Crippen molar-refractivity contribution < 1.29 is 4.74 Å². The number of nitrogens with one attached hydrogen (secondary N) is 1. The number of ether oxygens (including phenoxy) is 1. The topological polar surface area (TPSA) is 43.3 Å². The summed E-state index contributed by atoms with van der Waals surface area (Å²) in [6.45, 7) is 9.09. The molecule has 2 heterocycles. The predicted octanol–water partition coefficient (Wildman–Crippen LogP) is 1.75. The van der Waals surface area contributed by atoms with Gasteiger partial charge in [-0.3, -0.25) is 4.79 Å². The molecule has 1 fully saturated rings. The van der Waals surface area contributed by atoms with Gasteiger partial charge in [-0.25, -0.2) is 0 Å². The summed E-state index contributed by atoms with van der Waals surface area (Å²) in [6.07, 6.45) is 2.36. The van der Waals surface area contributed by atoms with Crippen molar-refractivity contribution in [3.63, 3.8) is 0 Å². The number of pyridine rings is 1. The van der Waals surface area contributed by atoms with E-state index in [4.69, 9.17) is 4.74 Å². The molecule has 106 valence electrons. The van der Waals surface area contributed by atoms with Crippen LogP contribution in [0, 0.1) is 13.8 Å². The maximum atomic E-state index is 12.6. The van der Waals surface area contributed by atoms with Crippen molar-refractivity contribution in [2.75, 3.05) is 13.2 Å². The SMILES string of the molecule is CCNCc1c(C)cc(C)n(CC2CCCO2)c1=O. The Morgan fingerprint density at radius 1 is 1.47 bits per heavy atom. The molecule has 1 unspecified atom stereocenters. The molecule has 19 heavy (non-hydrogen) atoms. The third kappa shape index (κ3) is 3.25. The van der Waals surface area contributed by atoms with Crippen molar-refractivity contribution in [3.05, 3.63) is 33.2 Å². The minimum Gasteiger partial charge on any atom is -0.376 e. The first-order valence-electron chi connectivity index (χ1n) is 7.15. The zero-order chi connectivity index (χ0) is 13.8. The Bertz CT molecular complexity index is 488. The molecule has 0 aromatic carbocycles. The number of rotatable bonds is 5. The lowest BCUT2D eigenvalue weighted by molar-refractivity contribution is 0.0955. The summed E-state index contributed by atoms with van der Waals surface area (Å²) < 4.78 is 7.51. The van der Waals surface area contributed by atoms with E-state index in [1.165, 1.54) is 0 Å². The summed E-state index contributed by atoms with van der Waals surface area (Å²) in [7, 11) is 0. The standard InChI is InChI=1S/C15H24N2O2/c1-4-16-9-14-11(2)8-12(3)17(15(14)18)10-13-6-5-7-19-13/h8,13,16H,4-7,9-10H2,1-3H3. The van der Waals surface area contributed by atoms with Crippen LogP contribution in [0.5, 0.6) is 0 Å². The number of hydrogen-bond acceptors (Lipinski definition) is 3. The maximum absolute atomic E-state index is 12.6. The third-order valence-electron chi connectivity index (χ3n) is 3.79. The van der Waals surface area contributed by atoms with Gasteiger partial charge in [0.2, 0.25) is 0 Å². The lowest BCUT2D eigenvalue weighted by Gasteiger charge is -2.17. The van der Waals surface area contributed by atoms with Gasteiger partial charge >= 0.3 is 0 Å². The Labute approximate surface area is 114 Å². The summed E-state index contributed by atoms with van der Waals surface area (Å²) in [5.41, 5.74) is 3.12. The van der Waals surface area contributed by atoms with Crippen LogP contribution < -0.4 is 10.9 Å². The molecule has 1 aliphatic rings.